The predicted octanol–water partition coefficient (Wildman–Crippen LogP) is 0.185. The fourth-order valence-corrected chi connectivity index (χ4v) is 3.47. The van der Waals surface area contributed by atoms with Gasteiger partial charge in [-0.2, -0.15) is 0 Å². The summed E-state index contributed by atoms with van der Waals surface area (Å²) in [4.78, 5) is 4.90. The van der Waals surface area contributed by atoms with Crippen LogP contribution < -0.4 is 10.5 Å². The number of nitrogens with two attached hydrogens (primary N) is 1. The van der Waals surface area contributed by atoms with E-state index in [9.17, 15) is 8.42 Å². The lowest BCUT2D eigenvalue weighted by Gasteiger charge is -2.32. The van der Waals surface area contributed by atoms with Crippen LogP contribution in [0.15, 0.2) is 29.2 Å². The SMILES string of the molecule is CN1CCN(CCCNS(=O)(=O)c2cccc(N)c2)CC1. The number of nitrogens with zero attached hydrogens (tertiary/aromatic N) is 2. The fourth-order valence-electron chi connectivity index (χ4n) is 2.35. The zero-order chi connectivity index (χ0) is 15.3. The zero-order valence-electron chi connectivity index (χ0n) is 12.5. The molecular weight excluding hydrogens is 288 g/mol. The van der Waals surface area contributed by atoms with Gasteiger partial charge in [0, 0.05) is 38.4 Å². The van der Waals surface area contributed by atoms with E-state index in [1.54, 1.807) is 18.2 Å². The molecule has 6 nitrogen and oxygen atoms in total. The Balaban J connectivity index is 1.75. The molecule has 0 aromatic heterocycles. The van der Waals surface area contributed by atoms with Crippen molar-refractivity contribution in [3.8, 4) is 0 Å². The normalized spacial score (nSPS) is 18.0. The van der Waals surface area contributed by atoms with Crippen molar-refractivity contribution in [3.05, 3.63) is 24.3 Å². The Hall–Kier alpha value is -1.15. The van der Waals surface area contributed by atoms with E-state index in [1.807, 2.05) is 0 Å². The van der Waals surface area contributed by atoms with Crippen LogP contribution in [0.5, 0.6) is 0 Å². The molecular formula is C14H24N4O2S. The summed E-state index contributed by atoms with van der Waals surface area (Å²) in [6, 6.07) is 6.35. The van der Waals surface area contributed by atoms with Crippen LogP contribution in [-0.2, 0) is 10.0 Å². The molecule has 1 aliphatic rings. The van der Waals surface area contributed by atoms with Gasteiger partial charge in [-0.3, -0.25) is 0 Å². The maximum absolute atomic E-state index is 12.1. The Morgan fingerprint density at radius 3 is 2.62 bits per heavy atom. The Kier molecular flexibility index (Phi) is 5.58. The number of hydrogen-bond donors (Lipinski definition) is 2. The van der Waals surface area contributed by atoms with Gasteiger partial charge in [0.05, 0.1) is 4.90 Å². The molecule has 1 aliphatic heterocycles. The van der Waals surface area contributed by atoms with E-state index >= 15 is 0 Å². The van der Waals surface area contributed by atoms with Gasteiger partial charge in [0.1, 0.15) is 0 Å². The number of hydrogen-bond acceptors (Lipinski definition) is 5. The standard InChI is InChI=1S/C14H24N4O2S/c1-17-8-10-18(11-9-17)7-3-6-16-21(19,20)14-5-2-4-13(15)12-14/h2,4-5,12,16H,3,6-11,15H2,1H3. The second kappa shape index (κ2) is 7.22. The monoisotopic (exact) mass is 312 g/mol. The van der Waals surface area contributed by atoms with Gasteiger partial charge in [0.15, 0.2) is 0 Å². The number of rotatable bonds is 6. The molecule has 1 aromatic carbocycles. The molecule has 0 spiro atoms. The number of likely N-dealkylation sites (N-methyl/N-ethyl adjacent to an activating group) is 1. The van der Waals surface area contributed by atoms with Crippen LogP contribution in [0, 0.1) is 0 Å². The second-order valence-corrected chi connectivity index (χ2v) is 7.24. The largest absolute Gasteiger partial charge is 0.399 e. The molecule has 7 heteroatoms. The van der Waals surface area contributed by atoms with Gasteiger partial charge >= 0.3 is 0 Å². The summed E-state index contributed by atoms with van der Waals surface area (Å²) in [5, 5.41) is 0. The smallest absolute Gasteiger partial charge is 0.240 e. The number of benzene rings is 1. The molecule has 0 bridgehead atoms. The molecule has 0 atom stereocenters. The summed E-state index contributed by atoms with van der Waals surface area (Å²) >= 11 is 0. The summed E-state index contributed by atoms with van der Waals surface area (Å²) in [7, 11) is -1.33. The molecule has 118 valence electrons. The third kappa shape index (κ3) is 4.96. The van der Waals surface area contributed by atoms with Crippen molar-refractivity contribution < 1.29 is 8.42 Å². The zero-order valence-corrected chi connectivity index (χ0v) is 13.3. The molecule has 1 aromatic rings. The molecule has 0 radical (unpaired) electrons. The van der Waals surface area contributed by atoms with E-state index in [4.69, 9.17) is 5.73 Å². The Bertz CT molecular complexity index is 554. The van der Waals surface area contributed by atoms with Gasteiger partial charge in [-0.1, -0.05) is 6.07 Å². The van der Waals surface area contributed by atoms with Gasteiger partial charge in [-0.25, -0.2) is 13.1 Å². The van der Waals surface area contributed by atoms with E-state index in [0.29, 0.717) is 12.2 Å². The van der Waals surface area contributed by atoms with Gasteiger partial charge in [0.25, 0.3) is 0 Å². The van der Waals surface area contributed by atoms with Crippen LogP contribution in [0.2, 0.25) is 0 Å². The van der Waals surface area contributed by atoms with Crippen LogP contribution in [0.1, 0.15) is 6.42 Å². The highest BCUT2D eigenvalue weighted by Gasteiger charge is 2.15. The van der Waals surface area contributed by atoms with Crippen molar-refractivity contribution in [1.82, 2.24) is 14.5 Å². The van der Waals surface area contributed by atoms with Gasteiger partial charge in [-0.05, 0) is 38.2 Å². The van der Waals surface area contributed by atoms with E-state index < -0.39 is 10.0 Å². The lowest BCUT2D eigenvalue weighted by Crippen LogP contribution is -2.45. The highest BCUT2D eigenvalue weighted by Crippen LogP contribution is 2.12. The Morgan fingerprint density at radius 1 is 1.24 bits per heavy atom. The molecule has 0 unspecified atom stereocenters. The molecule has 0 aliphatic carbocycles. The van der Waals surface area contributed by atoms with Crippen molar-refractivity contribution in [1.29, 1.82) is 0 Å². The molecule has 3 N–H and O–H groups in total. The highest BCUT2D eigenvalue weighted by atomic mass is 32.2. The topological polar surface area (TPSA) is 78.7 Å². The quantitative estimate of drug-likeness (QED) is 0.579. The Labute approximate surface area is 127 Å². The maximum atomic E-state index is 12.1. The molecule has 2 rings (SSSR count). The third-order valence-corrected chi connectivity index (χ3v) is 5.17. The highest BCUT2D eigenvalue weighted by molar-refractivity contribution is 7.89. The van der Waals surface area contributed by atoms with Crippen LogP contribution in [-0.4, -0.2) is 64.5 Å². The number of nitrogen functional groups attached to an aromatic ring is 1. The van der Waals surface area contributed by atoms with Crippen molar-refractivity contribution >= 4 is 15.7 Å². The molecule has 0 saturated carbocycles. The summed E-state index contributed by atoms with van der Waals surface area (Å²) < 4.78 is 26.8. The Morgan fingerprint density at radius 2 is 1.95 bits per heavy atom. The van der Waals surface area contributed by atoms with E-state index in [0.717, 1.165) is 39.1 Å². The number of anilines is 1. The summed E-state index contributed by atoms with van der Waals surface area (Å²) in [6.45, 7) is 5.64. The minimum atomic E-state index is -3.45. The lowest BCUT2D eigenvalue weighted by atomic mass is 10.3. The first-order chi connectivity index (χ1) is 9.97. The van der Waals surface area contributed by atoms with Crippen LogP contribution in [0.25, 0.3) is 0 Å². The van der Waals surface area contributed by atoms with Crippen LogP contribution in [0.3, 0.4) is 0 Å². The average Bonchev–Trinajstić information content (AvgIpc) is 2.45. The van der Waals surface area contributed by atoms with Crippen molar-refractivity contribution in [2.75, 3.05) is 52.0 Å². The average molecular weight is 312 g/mol. The molecule has 1 fully saturated rings. The first-order valence-corrected chi connectivity index (χ1v) is 8.72. The molecule has 1 saturated heterocycles. The van der Waals surface area contributed by atoms with Gasteiger partial charge < -0.3 is 15.5 Å². The minimum Gasteiger partial charge on any atom is -0.399 e. The van der Waals surface area contributed by atoms with Crippen molar-refractivity contribution in [3.63, 3.8) is 0 Å². The summed E-state index contributed by atoms with van der Waals surface area (Å²) in [5.41, 5.74) is 6.07. The molecule has 0 amide bonds. The number of piperazine rings is 1. The van der Waals surface area contributed by atoms with E-state index in [-0.39, 0.29) is 4.90 Å². The van der Waals surface area contributed by atoms with E-state index in [2.05, 4.69) is 21.6 Å². The summed E-state index contributed by atoms with van der Waals surface area (Å²) in [6.07, 6.45) is 0.811. The molecule has 1 heterocycles. The first-order valence-electron chi connectivity index (χ1n) is 7.23. The first kappa shape index (κ1) is 16.2. The van der Waals surface area contributed by atoms with Crippen LogP contribution in [0.4, 0.5) is 5.69 Å². The van der Waals surface area contributed by atoms with Gasteiger partial charge in [0.2, 0.25) is 10.0 Å². The number of sulfonamides is 1. The van der Waals surface area contributed by atoms with Gasteiger partial charge in [-0.15, -0.1) is 0 Å². The summed E-state index contributed by atoms with van der Waals surface area (Å²) in [5.74, 6) is 0. The fraction of sp³-hybridized carbons (Fsp3) is 0.571. The third-order valence-electron chi connectivity index (χ3n) is 3.71. The van der Waals surface area contributed by atoms with Crippen molar-refractivity contribution in [2.45, 2.75) is 11.3 Å². The number of nitrogens with one attached hydrogen (secondary N) is 1. The minimum absolute atomic E-state index is 0.224. The van der Waals surface area contributed by atoms with Crippen LogP contribution >= 0.6 is 0 Å². The second-order valence-electron chi connectivity index (χ2n) is 5.47. The predicted molar refractivity (Wildman–Crippen MR) is 84.6 cm³/mol. The maximum Gasteiger partial charge on any atom is 0.240 e. The van der Waals surface area contributed by atoms with Crippen molar-refractivity contribution in [2.24, 2.45) is 0 Å². The lowest BCUT2D eigenvalue weighted by molar-refractivity contribution is 0.153. The van der Waals surface area contributed by atoms with E-state index in [1.165, 1.54) is 6.07 Å². The molecule has 21 heavy (non-hydrogen) atoms.